The van der Waals surface area contributed by atoms with E-state index >= 15 is 0 Å². The molecule has 15 heavy (non-hydrogen) atoms. The molecule has 2 N–H and O–H groups in total. The largest absolute Gasteiger partial charge is 0.496 e. The predicted octanol–water partition coefficient (Wildman–Crippen LogP) is 2.97. The molecule has 1 rings (SSSR count). The monoisotopic (exact) mass is 273 g/mol. The lowest BCUT2D eigenvalue weighted by atomic mass is 10.0. The van der Waals surface area contributed by atoms with Crippen molar-refractivity contribution in [3.8, 4) is 5.75 Å². The fourth-order valence-electron chi connectivity index (χ4n) is 1.36. The highest BCUT2D eigenvalue weighted by molar-refractivity contribution is 9.10. The van der Waals surface area contributed by atoms with Gasteiger partial charge in [-0.25, -0.2) is 5.90 Å². The predicted molar refractivity (Wildman–Crippen MR) is 63.8 cm³/mol. The molecule has 1 aromatic rings. The summed E-state index contributed by atoms with van der Waals surface area (Å²) in [6.07, 6.45) is 0. The van der Waals surface area contributed by atoms with Crippen LogP contribution in [0, 0.1) is 0 Å². The number of hydrogen-bond donors (Lipinski definition) is 1. The second kappa shape index (κ2) is 5.49. The Kier molecular flexibility index (Phi) is 4.57. The molecule has 0 spiro atoms. The van der Waals surface area contributed by atoms with Crippen LogP contribution in [0.25, 0.3) is 0 Å². The van der Waals surface area contributed by atoms with Crippen LogP contribution in [0.4, 0.5) is 0 Å². The number of halogens is 1. The average Bonchev–Trinajstić information content (AvgIpc) is 2.21. The molecule has 0 amide bonds. The normalized spacial score (nSPS) is 10.8. The van der Waals surface area contributed by atoms with Crippen LogP contribution in [0.3, 0.4) is 0 Å². The lowest BCUT2D eigenvalue weighted by molar-refractivity contribution is 0.123. The van der Waals surface area contributed by atoms with Crippen molar-refractivity contribution in [3.05, 3.63) is 27.7 Å². The van der Waals surface area contributed by atoms with Crippen molar-refractivity contribution >= 4 is 15.9 Å². The molecule has 4 heteroatoms. The second-order valence-corrected chi connectivity index (χ2v) is 4.45. The summed E-state index contributed by atoms with van der Waals surface area (Å²) < 4.78 is 6.18. The minimum atomic E-state index is 0.373. The van der Waals surface area contributed by atoms with E-state index in [0.29, 0.717) is 12.5 Å². The molecule has 0 aliphatic carbocycles. The van der Waals surface area contributed by atoms with Crippen LogP contribution in [-0.4, -0.2) is 7.11 Å². The van der Waals surface area contributed by atoms with Gasteiger partial charge in [-0.15, -0.1) is 0 Å². The van der Waals surface area contributed by atoms with E-state index in [9.17, 15) is 0 Å². The van der Waals surface area contributed by atoms with Crippen LogP contribution in [0.15, 0.2) is 16.6 Å². The highest BCUT2D eigenvalue weighted by Gasteiger charge is 2.11. The van der Waals surface area contributed by atoms with E-state index in [0.717, 1.165) is 15.8 Å². The van der Waals surface area contributed by atoms with Gasteiger partial charge >= 0.3 is 0 Å². The molecule has 0 saturated carbocycles. The molecule has 0 aliphatic heterocycles. The molecule has 0 aliphatic rings. The fraction of sp³-hybridized carbons (Fsp3) is 0.455. The fourth-order valence-corrected chi connectivity index (χ4v) is 1.86. The average molecular weight is 274 g/mol. The van der Waals surface area contributed by atoms with Gasteiger partial charge in [-0.2, -0.15) is 0 Å². The number of benzene rings is 1. The standard InChI is InChI=1S/C11H16BrNO2/c1-7(2)8-4-9(6-15-13)11(12)10(5-8)14-3/h4-5,7H,6,13H2,1-3H3. The van der Waals surface area contributed by atoms with Gasteiger partial charge in [0.05, 0.1) is 18.2 Å². The number of methoxy groups -OCH3 is 1. The van der Waals surface area contributed by atoms with Gasteiger partial charge < -0.3 is 4.74 Å². The van der Waals surface area contributed by atoms with Crippen molar-refractivity contribution < 1.29 is 9.57 Å². The van der Waals surface area contributed by atoms with Crippen LogP contribution in [0.5, 0.6) is 5.75 Å². The van der Waals surface area contributed by atoms with Gasteiger partial charge in [0.25, 0.3) is 0 Å². The molecule has 0 fully saturated rings. The SMILES string of the molecule is COc1cc(C(C)C)cc(CON)c1Br. The minimum absolute atomic E-state index is 0.373. The Balaban J connectivity index is 3.19. The van der Waals surface area contributed by atoms with E-state index in [1.165, 1.54) is 5.56 Å². The summed E-state index contributed by atoms with van der Waals surface area (Å²) in [7, 11) is 1.65. The topological polar surface area (TPSA) is 44.5 Å². The Bertz CT molecular complexity index is 340. The Hall–Kier alpha value is -0.580. The van der Waals surface area contributed by atoms with Gasteiger partial charge in [-0.1, -0.05) is 19.9 Å². The van der Waals surface area contributed by atoms with E-state index < -0.39 is 0 Å². The van der Waals surface area contributed by atoms with Crippen molar-refractivity contribution in [2.24, 2.45) is 5.90 Å². The van der Waals surface area contributed by atoms with Gasteiger partial charge in [0, 0.05) is 0 Å². The lowest BCUT2D eigenvalue weighted by Crippen LogP contribution is -2.02. The zero-order valence-corrected chi connectivity index (χ0v) is 10.8. The molecule has 0 bridgehead atoms. The van der Waals surface area contributed by atoms with Gasteiger partial charge in [0.2, 0.25) is 0 Å². The molecule has 84 valence electrons. The summed E-state index contributed by atoms with van der Waals surface area (Å²) in [5, 5.41) is 0. The van der Waals surface area contributed by atoms with Crippen LogP contribution >= 0.6 is 15.9 Å². The smallest absolute Gasteiger partial charge is 0.133 e. The zero-order chi connectivity index (χ0) is 11.4. The summed E-state index contributed by atoms with van der Waals surface area (Å²) >= 11 is 3.47. The number of ether oxygens (including phenoxy) is 1. The lowest BCUT2D eigenvalue weighted by Gasteiger charge is -2.13. The quantitative estimate of drug-likeness (QED) is 0.858. The third-order valence-corrected chi connectivity index (χ3v) is 3.16. The third-order valence-electron chi connectivity index (χ3n) is 2.26. The third kappa shape index (κ3) is 2.93. The van der Waals surface area contributed by atoms with Crippen molar-refractivity contribution in [1.29, 1.82) is 0 Å². The summed E-state index contributed by atoms with van der Waals surface area (Å²) in [6.45, 7) is 4.64. The van der Waals surface area contributed by atoms with Crippen LogP contribution in [0.1, 0.15) is 30.9 Å². The summed E-state index contributed by atoms with van der Waals surface area (Å²) in [6, 6.07) is 4.10. The van der Waals surface area contributed by atoms with Crippen LogP contribution in [0.2, 0.25) is 0 Å². The van der Waals surface area contributed by atoms with E-state index in [1.54, 1.807) is 7.11 Å². The Morgan fingerprint density at radius 1 is 1.40 bits per heavy atom. The molecule has 0 aromatic heterocycles. The van der Waals surface area contributed by atoms with Crippen LogP contribution < -0.4 is 10.6 Å². The minimum Gasteiger partial charge on any atom is -0.496 e. The van der Waals surface area contributed by atoms with Crippen molar-refractivity contribution in [3.63, 3.8) is 0 Å². The number of hydrogen-bond acceptors (Lipinski definition) is 3. The summed E-state index contributed by atoms with van der Waals surface area (Å²) in [4.78, 5) is 4.66. The van der Waals surface area contributed by atoms with Crippen molar-refractivity contribution in [2.45, 2.75) is 26.4 Å². The number of rotatable bonds is 4. The molecule has 1 aromatic carbocycles. The van der Waals surface area contributed by atoms with Crippen LogP contribution in [-0.2, 0) is 11.4 Å². The van der Waals surface area contributed by atoms with E-state index in [2.05, 4.69) is 40.7 Å². The summed E-state index contributed by atoms with van der Waals surface area (Å²) in [5.74, 6) is 6.35. The maximum absolute atomic E-state index is 5.28. The number of nitrogens with two attached hydrogens (primary N) is 1. The first kappa shape index (κ1) is 12.5. The van der Waals surface area contributed by atoms with Gasteiger partial charge in [-0.3, -0.25) is 4.84 Å². The molecule has 0 radical (unpaired) electrons. The molecule has 0 saturated heterocycles. The molecule has 0 heterocycles. The maximum Gasteiger partial charge on any atom is 0.133 e. The van der Waals surface area contributed by atoms with E-state index in [4.69, 9.17) is 10.6 Å². The van der Waals surface area contributed by atoms with Crippen molar-refractivity contribution in [2.75, 3.05) is 7.11 Å². The van der Waals surface area contributed by atoms with Gasteiger partial charge in [0.1, 0.15) is 5.75 Å². The highest BCUT2D eigenvalue weighted by atomic mass is 79.9. The molecular formula is C11H16BrNO2. The first-order valence-corrected chi connectivity index (χ1v) is 5.57. The first-order chi connectivity index (χ1) is 7.10. The Morgan fingerprint density at radius 2 is 2.07 bits per heavy atom. The molecular weight excluding hydrogens is 258 g/mol. The highest BCUT2D eigenvalue weighted by Crippen LogP contribution is 2.33. The van der Waals surface area contributed by atoms with Gasteiger partial charge in [-0.05, 0) is 39.0 Å². The first-order valence-electron chi connectivity index (χ1n) is 4.78. The summed E-state index contributed by atoms with van der Waals surface area (Å²) in [5.41, 5.74) is 2.21. The molecule has 0 atom stereocenters. The Morgan fingerprint density at radius 3 is 2.53 bits per heavy atom. The van der Waals surface area contributed by atoms with E-state index in [-0.39, 0.29) is 0 Å². The van der Waals surface area contributed by atoms with Crippen molar-refractivity contribution in [1.82, 2.24) is 0 Å². The second-order valence-electron chi connectivity index (χ2n) is 3.66. The zero-order valence-electron chi connectivity index (χ0n) is 9.21. The Labute approximate surface area is 98.6 Å². The molecule has 3 nitrogen and oxygen atoms in total. The molecule has 0 unspecified atom stereocenters. The van der Waals surface area contributed by atoms with E-state index in [1.807, 2.05) is 6.07 Å². The maximum atomic E-state index is 5.28. The van der Waals surface area contributed by atoms with Gasteiger partial charge in [0.15, 0.2) is 0 Å².